The Kier molecular flexibility index (Phi) is 7.11. The van der Waals surface area contributed by atoms with Crippen LogP contribution in [-0.4, -0.2) is 43.3 Å². The summed E-state index contributed by atoms with van der Waals surface area (Å²) in [5, 5.41) is 2.74. The van der Waals surface area contributed by atoms with E-state index in [9.17, 15) is 4.79 Å². The van der Waals surface area contributed by atoms with Gasteiger partial charge in [-0.25, -0.2) is 0 Å². The highest BCUT2D eigenvalue weighted by molar-refractivity contribution is 5.80. The van der Waals surface area contributed by atoms with Gasteiger partial charge in [0, 0.05) is 31.8 Å². The molecule has 118 valence electrons. The topological polar surface area (TPSA) is 86.5 Å². The molecule has 6 heteroatoms. The molecule has 0 saturated heterocycles. The zero-order chi connectivity index (χ0) is 15.8. The number of amides is 1. The van der Waals surface area contributed by atoms with Gasteiger partial charge >= 0.3 is 0 Å². The minimum Gasteiger partial charge on any atom is -0.479 e. The predicted molar refractivity (Wildman–Crippen MR) is 81.3 cm³/mol. The number of nitrogens with two attached hydrogens (primary N) is 1. The summed E-state index contributed by atoms with van der Waals surface area (Å²) in [6.45, 7) is 6.46. The van der Waals surface area contributed by atoms with Gasteiger partial charge in [-0.15, -0.1) is 0 Å². The molecule has 0 fully saturated rings. The lowest BCUT2D eigenvalue weighted by atomic mass is 10.1. The molecule has 21 heavy (non-hydrogen) atoms. The predicted octanol–water partition coefficient (Wildman–Crippen LogP) is 0.810. The Morgan fingerprint density at radius 2 is 2.14 bits per heavy atom. The Morgan fingerprint density at radius 3 is 2.76 bits per heavy atom. The van der Waals surface area contributed by atoms with Gasteiger partial charge < -0.3 is 20.5 Å². The van der Waals surface area contributed by atoms with Crippen molar-refractivity contribution in [3.05, 3.63) is 23.5 Å². The van der Waals surface area contributed by atoms with Gasteiger partial charge in [-0.1, -0.05) is 0 Å². The maximum absolute atomic E-state index is 11.9. The van der Waals surface area contributed by atoms with Crippen molar-refractivity contribution in [2.75, 3.05) is 20.3 Å². The van der Waals surface area contributed by atoms with Crippen LogP contribution >= 0.6 is 0 Å². The second kappa shape index (κ2) is 8.59. The number of ether oxygens (including phenoxy) is 2. The van der Waals surface area contributed by atoms with E-state index >= 15 is 0 Å². The van der Waals surface area contributed by atoms with E-state index < -0.39 is 6.10 Å². The molecule has 0 spiro atoms. The second-order valence-electron chi connectivity index (χ2n) is 5.12. The maximum Gasteiger partial charge on any atom is 0.260 e. The number of hydrogen-bond donors (Lipinski definition) is 2. The van der Waals surface area contributed by atoms with E-state index in [0.29, 0.717) is 25.3 Å². The molecule has 0 radical (unpaired) electrons. The van der Waals surface area contributed by atoms with E-state index in [-0.39, 0.29) is 11.9 Å². The van der Waals surface area contributed by atoms with Gasteiger partial charge in [0.25, 0.3) is 5.91 Å². The summed E-state index contributed by atoms with van der Waals surface area (Å²) >= 11 is 0. The number of carbonyl (C=O) groups excluding carboxylic acids is 1. The van der Waals surface area contributed by atoms with Gasteiger partial charge in [0.2, 0.25) is 0 Å². The quantitative estimate of drug-likeness (QED) is 0.693. The first-order valence-electron chi connectivity index (χ1n) is 7.09. The largest absolute Gasteiger partial charge is 0.479 e. The number of rotatable bonds is 8. The van der Waals surface area contributed by atoms with Gasteiger partial charge in [0.05, 0.1) is 12.3 Å². The summed E-state index contributed by atoms with van der Waals surface area (Å²) in [6.07, 6.45) is 0.00728. The van der Waals surface area contributed by atoms with Crippen molar-refractivity contribution in [1.82, 2.24) is 10.3 Å². The van der Waals surface area contributed by atoms with Crippen molar-refractivity contribution in [3.8, 4) is 5.75 Å². The number of hydrogen-bond acceptors (Lipinski definition) is 5. The molecule has 6 nitrogen and oxygen atoms in total. The third kappa shape index (κ3) is 6.10. The summed E-state index contributed by atoms with van der Waals surface area (Å²) in [6, 6.07) is 3.67. The number of aromatic nitrogens is 1. The zero-order valence-electron chi connectivity index (χ0n) is 13.2. The van der Waals surface area contributed by atoms with Crippen molar-refractivity contribution < 1.29 is 14.3 Å². The van der Waals surface area contributed by atoms with Crippen LogP contribution in [0.15, 0.2) is 12.1 Å². The Morgan fingerprint density at radius 1 is 1.43 bits per heavy atom. The lowest BCUT2D eigenvalue weighted by molar-refractivity contribution is -0.127. The van der Waals surface area contributed by atoms with E-state index in [4.69, 9.17) is 15.2 Å². The van der Waals surface area contributed by atoms with Crippen LogP contribution in [0.5, 0.6) is 5.75 Å². The molecule has 0 aromatic carbocycles. The minimum atomic E-state index is -0.599. The molecule has 2 unspecified atom stereocenters. The van der Waals surface area contributed by atoms with Crippen LogP contribution in [0.4, 0.5) is 0 Å². The molecule has 3 N–H and O–H groups in total. The normalized spacial score (nSPS) is 13.6. The van der Waals surface area contributed by atoms with Crippen LogP contribution in [0.2, 0.25) is 0 Å². The molecule has 0 aliphatic heterocycles. The number of nitrogens with zero attached hydrogens (tertiary/aromatic N) is 1. The van der Waals surface area contributed by atoms with E-state index in [1.54, 1.807) is 14.0 Å². The van der Waals surface area contributed by atoms with Gasteiger partial charge in [0.1, 0.15) is 5.75 Å². The SMILES string of the molecule is COCCNC(=O)C(C)Oc1ccc(C)nc1CC(C)N. The van der Waals surface area contributed by atoms with Crippen molar-refractivity contribution >= 4 is 5.91 Å². The van der Waals surface area contributed by atoms with Crippen LogP contribution < -0.4 is 15.8 Å². The highest BCUT2D eigenvalue weighted by Crippen LogP contribution is 2.19. The fourth-order valence-corrected chi connectivity index (χ4v) is 1.82. The molecule has 1 aromatic rings. The Bertz CT molecular complexity index is 463. The summed E-state index contributed by atoms with van der Waals surface area (Å²) in [7, 11) is 1.59. The Balaban J connectivity index is 2.70. The number of carbonyl (C=O) groups is 1. The average molecular weight is 295 g/mol. The third-order valence-electron chi connectivity index (χ3n) is 2.87. The number of methoxy groups -OCH3 is 1. The fourth-order valence-electron chi connectivity index (χ4n) is 1.82. The first-order valence-corrected chi connectivity index (χ1v) is 7.09. The van der Waals surface area contributed by atoms with Gasteiger partial charge in [-0.2, -0.15) is 0 Å². The Hall–Kier alpha value is -1.66. The number of aryl methyl sites for hydroxylation is 1. The molecular formula is C15H25N3O3. The molecule has 1 heterocycles. The molecule has 2 atom stereocenters. The van der Waals surface area contributed by atoms with Crippen molar-refractivity contribution in [1.29, 1.82) is 0 Å². The minimum absolute atomic E-state index is 0.0208. The van der Waals surface area contributed by atoms with Crippen LogP contribution in [0.3, 0.4) is 0 Å². The van der Waals surface area contributed by atoms with E-state index in [1.165, 1.54) is 0 Å². The highest BCUT2D eigenvalue weighted by Gasteiger charge is 2.17. The first kappa shape index (κ1) is 17.4. The standard InChI is InChI=1S/C15H25N3O3/c1-10(16)9-13-14(6-5-11(2)18-13)21-12(3)15(19)17-7-8-20-4/h5-6,10,12H,7-9,16H2,1-4H3,(H,17,19). The molecule has 0 saturated carbocycles. The van der Waals surface area contributed by atoms with E-state index in [0.717, 1.165) is 11.4 Å². The lowest BCUT2D eigenvalue weighted by Gasteiger charge is -2.17. The van der Waals surface area contributed by atoms with E-state index in [1.807, 2.05) is 26.0 Å². The van der Waals surface area contributed by atoms with Gasteiger partial charge in [-0.3, -0.25) is 9.78 Å². The maximum atomic E-state index is 11.9. The smallest absolute Gasteiger partial charge is 0.260 e. The lowest BCUT2D eigenvalue weighted by Crippen LogP contribution is -2.38. The van der Waals surface area contributed by atoms with Gasteiger partial charge in [-0.05, 0) is 32.9 Å². The molecule has 0 bridgehead atoms. The molecular weight excluding hydrogens is 270 g/mol. The summed E-state index contributed by atoms with van der Waals surface area (Å²) < 4.78 is 10.6. The molecule has 1 aromatic heterocycles. The second-order valence-corrected chi connectivity index (χ2v) is 5.12. The van der Waals surface area contributed by atoms with E-state index in [2.05, 4.69) is 10.3 Å². The summed E-state index contributed by atoms with van der Waals surface area (Å²) in [5.74, 6) is 0.423. The average Bonchev–Trinajstić information content (AvgIpc) is 2.41. The highest BCUT2D eigenvalue weighted by atomic mass is 16.5. The Labute approximate surface area is 126 Å². The third-order valence-corrected chi connectivity index (χ3v) is 2.87. The van der Waals surface area contributed by atoms with Gasteiger partial charge in [0.15, 0.2) is 6.10 Å². The monoisotopic (exact) mass is 295 g/mol. The number of nitrogens with one attached hydrogen (secondary N) is 1. The first-order chi connectivity index (χ1) is 9.93. The van der Waals surface area contributed by atoms with Crippen molar-refractivity contribution in [2.24, 2.45) is 5.73 Å². The van der Waals surface area contributed by atoms with Crippen LogP contribution in [-0.2, 0) is 16.0 Å². The fraction of sp³-hybridized carbons (Fsp3) is 0.600. The molecule has 0 aliphatic carbocycles. The van der Waals surface area contributed by atoms with Crippen molar-refractivity contribution in [2.45, 2.75) is 39.3 Å². The molecule has 1 rings (SSSR count). The number of pyridine rings is 1. The van der Waals surface area contributed by atoms with Crippen LogP contribution in [0, 0.1) is 6.92 Å². The summed E-state index contributed by atoms with van der Waals surface area (Å²) in [5.41, 5.74) is 7.50. The molecule has 1 amide bonds. The van der Waals surface area contributed by atoms with Crippen LogP contribution in [0.25, 0.3) is 0 Å². The van der Waals surface area contributed by atoms with Crippen LogP contribution in [0.1, 0.15) is 25.2 Å². The van der Waals surface area contributed by atoms with Crippen molar-refractivity contribution in [3.63, 3.8) is 0 Å². The summed E-state index contributed by atoms with van der Waals surface area (Å²) in [4.78, 5) is 16.3. The zero-order valence-corrected chi connectivity index (χ0v) is 13.2. The molecule has 0 aliphatic rings.